The predicted molar refractivity (Wildman–Crippen MR) is 30.6 cm³/mol. The molecular weight excluding hydrogens is 130 g/mol. The molecule has 0 saturated carbocycles. The molecule has 7 heavy (non-hydrogen) atoms. The molecule has 1 fully saturated rings. The number of amides is 1. The third-order valence-corrected chi connectivity index (χ3v) is 1.30. The van der Waals surface area contributed by atoms with E-state index in [1.165, 1.54) is 0 Å². The smallest absolute Gasteiger partial charge is 0.268 e. The first kappa shape index (κ1) is 5.05. The number of thioether (sulfide) groups is 1. The second kappa shape index (κ2) is 1.79. The second-order valence-electron chi connectivity index (χ2n) is 0.887. The van der Waals surface area contributed by atoms with Crippen LogP contribution in [0.1, 0.15) is 0 Å². The summed E-state index contributed by atoms with van der Waals surface area (Å²) in [5.41, 5.74) is 0. The normalized spacial score (nSPS) is 20.0. The van der Waals surface area contributed by atoms with Crippen molar-refractivity contribution >= 4 is 34.2 Å². The highest BCUT2D eigenvalue weighted by atomic mass is 32.2. The first-order chi connectivity index (χ1) is 3.29. The molecule has 0 bridgehead atoms. The van der Waals surface area contributed by atoms with Gasteiger partial charge < -0.3 is 0 Å². The van der Waals surface area contributed by atoms with Crippen LogP contribution in [0.2, 0.25) is 0 Å². The zero-order chi connectivity index (χ0) is 5.28. The third kappa shape index (κ3) is 1.14. The van der Waals surface area contributed by atoms with Crippen molar-refractivity contribution in [3.05, 3.63) is 5.75 Å². The Morgan fingerprint density at radius 3 is 2.71 bits per heavy atom. The molecule has 0 N–H and O–H groups in total. The Labute approximate surface area is 50.7 Å². The van der Waals surface area contributed by atoms with E-state index in [1.807, 2.05) is 0 Å². The van der Waals surface area contributed by atoms with Crippen LogP contribution in [0.15, 0.2) is 0 Å². The van der Waals surface area contributed by atoms with Crippen LogP contribution in [0.3, 0.4) is 0 Å². The van der Waals surface area contributed by atoms with Crippen molar-refractivity contribution in [1.82, 2.24) is 5.32 Å². The molecule has 1 heterocycles. The van der Waals surface area contributed by atoms with E-state index >= 15 is 0 Å². The molecule has 0 aromatic carbocycles. The molecular formula is C3NOS2. The zero-order valence-corrected chi connectivity index (χ0v) is 4.80. The fourth-order valence-electron chi connectivity index (χ4n) is 0.216. The molecule has 1 aliphatic rings. The molecule has 3 radical (unpaired) electrons. The lowest BCUT2D eigenvalue weighted by Gasteiger charge is -1.75. The lowest BCUT2D eigenvalue weighted by molar-refractivity contribution is -0.115. The van der Waals surface area contributed by atoms with Gasteiger partial charge in [-0.1, -0.05) is 24.0 Å². The van der Waals surface area contributed by atoms with Gasteiger partial charge in [-0.05, 0) is 0 Å². The van der Waals surface area contributed by atoms with Gasteiger partial charge in [-0.3, -0.25) is 4.79 Å². The van der Waals surface area contributed by atoms with E-state index in [-0.39, 0.29) is 5.91 Å². The average molecular weight is 130 g/mol. The van der Waals surface area contributed by atoms with Crippen molar-refractivity contribution in [3.8, 4) is 0 Å². The monoisotopic (exact) mass is 130 g/mol. The Morgan fingerprint density at radius 1 is 1.86 bits per heavy atom. The molecule has 1 aliphatic heterocycles. The lowest BCUT2D eigenvalue weighted by Crippen LogP contribution is -2.07. The SMILES string of the molecule is O=C1[C]SC(=S)[N]1. The summed E-state index contributed by atoms with van der Waals surface area (Å²) in [7, 11) is 0. The Morgan fingerprint density at radius 2 is 2.57 bits per heavy atom. The fraction of sp³-hybridized carbons (Fsp3) is 0. The minimum Gasteiger partial charge on any atom is -0.271 e. The van der Waals surface area contributed by atoms with Crippen LogP contribution in [0.25, 0.3) is 0 Å². The lowest BCUT2D eigenvalue weighted by atomic mass is 10.7. The highest BCUT2D eigenvalue weighted by Crippen LogP contribution is 2.14. The number of nitrogens with zero attached hydrogens (tertiary/aromatic N) is 1. The Balaban J connectivity index is 2.55. The highest BCUT2D eigenvalue weighted by molar-refractivity contribution is 8.25. The van der Waals surface area contributed by atoms with E-state index < -0.39 is 0 Å². The van der Waals surface area contributed by atoms with E-state index in [0.29, 0.717) is 4.32 Å². The van der Waals surface area contributed by atoms with E-state index in [1.54, 1.807) is 0 Å². The van der Waals surface area contributed by atoms with Crippen molar-refractivity contribution in [1.29, 1.82) is 0 Å². The molecule has 0 aliphatic carbocycles. The van der Waals surface area contributed by atoms with Gasteiger partial charge in [0.1, 0.15) is 0 Å². The molecule has 0 aromatic rings. The van der Waals surface area contributed by atoms with Crippen LogP contribution in [0, 0.1) is 5.75 Å². The molecule has 1 saturated heterocycles. The van der Waals surface area contributed by atoms with Crippen LogP contribution in [-0.2, 0) is 4.79 Å². The summed E-state index contributed by atoms with van der Waals surface area (Å²) < 4.78 is 0.366. The summed E-state index contributed by atoms with van der Waals surface area (Å²) in [5, 5.41) is 3.33. The minimum atomic E-state index is -0.352. The second-order valence-corrected chi connectivity index (χ2v) is 2.33. The number of hydrogen-bond acceptors (Lipinski definition) is 3. The number of thiocarbonyl (C=S) groups is 1. The summed E-state index contributed by atoms with van der Waals surface area (Å²) in [6.45, 7) is 0. The molecule has 1 rings (SSSR count). The Hall–Kier alpha value is -0.0900. The van der Waals surface area contributed by atoms with Gasteiger partial charge >= 0.3 is 0 Å². The van der Waals surface area contributed by atoms with Crippen molar-refractivity contribution in [2.75, 3.05) is 0 Å². The first-order valence-electron chi connectivity index (χ1n) is 1.51. The summed E-state index contributed by atoms with van der Waals surface area (Å²) in [6.07, 6.45) is 0. The van der Waals surface area contributed by atoms with Crippen LogP contribution < -0.4 is 5.32 Å². The highest BCUT2D eigenvalue weighted by Gasteiger charge is 2.17. The van der Waals surface area contributed by atoms with E-state index in [9.17, 15) is 4.79 Å². The van der Waals surface area contributed by atoms with Gasteiger partial charge in [-0.15, -0.1) is 0 Å². The third-order valence-electron chi connectivity index (χ3n) is 0.418. The predicted octanol–water partition coefficient (Wildman–Crippen LogP) is 0.188. The standard InChI is InChI=1S/C3NOS2/c5-2-1-7-3(6)4-2. The fourth-order valence-corrected chi connectivity index (χ4v) is 0.773. The zero-order valence-electron chi connectivity index (χ0n) is 3.17. The topological polar surface area (TPSA) is 31.2 Å². The van der Waals surface area contributed by atoms with Gasteiger partial charge in [0.05, 0.1) is 0 Å². The van der Waals surface area contributed by atoms with Gasteiger partial charge in [-0.2, -0.15) is 5.32 Å². The van der Waals surface area contributed by atoms with Crippen LogP contribution in [0.4, 0.5) is 0 Å². The maximum absolute atomic E-state index is 10.1. The summed E-state index contributed by atoms with van der Waals surface area (Å²) in [6, 6.07) is 0. The maximum Gasteiger partial charge on any atom is 0.268 e. The van der Waals surface area contributed by atoms with Gasteiger partial charge in [0.15, 0.2) is 10.1 Å². The molecule has 4 heteroatoms. The summed E-state index contributed by atoms with van der Waals surface area (Å²) >= 11 is 5.58. The molecule has 1 amide bonds. The number of carbonyl (C=O) groups excluding carboxylic acids is 1. The molecule has 0 atom stereocenters. The van der Waals surface area contributed by atoms with Gasteiger partial charge in [0.25, 0.3) is 5.91 Å². The van der Waals surface area contributed by atoms with Crippen molar-refractivity contribution in [2.24, 2.45) is 0 Å². The van der Waals surface area contributed by atoms with Crippen molar-refractivity contribution < 1.29 is 4.79 Å². The maximum atomic E-state index is 10.1. The van der Waals surface area contributed by atoms with E-state index in [4.69, 9.17) is 0 Å². The summed E-state index contributed by atoms with van der Waals surface area (Å²) in [4.78, 5) is 10.1. The molecule has 2 nitrogen and oxygen atoms in total. The van der Waals surface area contributed by atoms with E-state index in [2.05, 4.69) is 23.3 Å². The first-order valence-corrected chi connectivity index (χ1v) is 2.74. The number of hydrogen-bond donors (Lipinski definition) is 0. The minimum absolute atomic E-state index is 0.352. The number of rotatable bonds is 0. The van der Waals surface area contributed by atoms with Gasteiger partial charge in [-0.25, -0.2) is 0 Å². The van der Waals surface area contributed by atoms with Crippen LogP contribution in [-0.4, -0.2) is 10.2 Å². The quantitative estimate of drug-likeness (QED) is 0.438. The van der Waals surface area contributed by atoms with Crippen LogP contribution in [0.5, 0.6) is 0 Å². The molecule has 0 aromatic heterocycles. The average Bonchev–Trinajstić information content (AvgIpc) is 1.87. The van der Waals surface area contributed by atoms with Crippen LogP contribution >= 0.6 is 24.0 Å². The Bertz CT molecular complexity index is 108. The Kier molecular flexibility index (Phi) is 1.30. The summed E-state index contributed by atoms with van der Waals surface area (Å²) in [5.74, 6) is 1.99. The molecule has 35 valence electrons. The van der Waals surface area contributed by atoms with Crippen molar-refractivity contribution in [2.45, 2.75) is 0 Å². The molecule has 0 unspecified atom stereocenters. The van der Waals surface area contributed by atoms with E-state index in [0.717, 1.165) is 11.8 Å². The van der Waals surface area contributed by atoms with Crippen molar-refractivity contribution in [3.63, 3.8) is 0 Å². The van der Waals surface area contributed by atoms with Gasteiger partial charge in [0.2, 0.25) is 0 Å². The largest absolute Gasteiger partial charge is 0.271 e. The molecule has 0 spiro atoms. The van der Waals surface area contributed by atoms with Gasteiger partial charge in [0, 0.05) is 0 Å². The number of carbonyl (C=O) groups is 1.